The molecular weight excluding hydrogens is 334 g/mol. The number of carbonyl (C=O) groups is 2. The second kappa shape index (κ2) is 9.89. The third-order valence-corrected chi connectivity index (χ3v) is 4.59. The van der Waals surface area contributed by atoms with Crippen LogP contribution in [0.25, 0.3) is 0 Å². The molecule has 0 saturated carbocycles. The summed E-state index contributed by atoms with van der Waals surface area (Å²) in [4.78, 5) is 26.0. The quantitative estimate of drug-likeness (QED) is 0.780. The fourth-order valence-corrected chi connectivity index (χ4v) is 3.08. The molecule has 0 bridgehead atoms. The molecule has 2 N–H and O–H groups in total. The van der Waals surface area contributed by atoms with E-state index in [-0.39, 0.29) is 18.0 Å². The molecule has 0 aliphatic carbocycles. The highest BCUT2D eigenvalue weighted by atomic mass is 16.5. The van der Waals surface area contributed by atoms with Gasteiger partial charge >= 0.3 is 6.03 Å². The van der Waals surface area contributed by atoms with Gasteiger partial charge in [-0.05, 0) is 38.0 Å². The second-order valence-corrected chi connectivity index (χ2v) is 6.42. The van der Waals surface area contributed by atoms with Crippen LogP contribution in [0.15, 0.2) is 18.2 Å². The van der Waals surface area contributed by atoms with E-state index in [1.54, 1.807) is 14.2 Å². The van der Waals surface area contributed by atoms with Crippen LogP contribution in [0.2, 0.25) is 0 Å². The van der Waals surface area contributed by atoms with Gasteiger partial charge in [-0.2, -0.15) is 0 Å². The largest absolute Gasteiger partial charge is 0.497 e. The maximum atomic E-state index is 12.2. The van der Waals surface area contributed by atoms with Crippen molar-refractivity contribution in [3.63, 3.8) is 0 Å². The fraction of sp³-hybridized carbons (Fsp3) is 0.579. The lowest BCUT2D eigenvalue weighted by atomic mass is 10.1. The van der Waals surface area contributed by atoms with Crippen LogP contribution < -0.4 is 20.1 Å². The molecule has 1 saturated heterocycles. The van der Waals surface area contributed by atoms with Crippen molar-refractivity contribution in [2.45, 2.75) is 38.6 Å². The topological polar surface area (TPSA) is 79.9 Å². The van der Waals surface area contributed by atoms with Crippen LogP contribution in [-0.4, -0.2) is 50.7 Å². The average Bonchev–Trinajstić information content (AvgIpc) is 2.85. The fourth-order valence-electron chi connectivity index (χ4n) is 3.08. The van der Waals surface area contributed by atoms with Crippen LogP contribution in [0.5, 0.6) is 11.5 Å². The first-order chi connectivity index (χ1) is 12.5. The molecule has 1 unspecified atom stereocenters. The Morgan fingerprint density at radius 1 is 1.23 bits per heavy atom. The average molecular weight is 363 g/mol. The molecule has 0 radical (unpaired) electrons. The number of hydrogen-bond acceptors (Lipinski definition) is 4. The van der Waals surface area contributed by atoms with Crippen molar-refractivity contribution < 1.29 is 19.1 Å². The highest BCUT2D eigenvalue weighted by Gasteiger charge is 2.17. The van der Waals surface area contributed by atoms with Crippen LogP contribution in [0, 0.1) is 0 Å². The van der Waals surface area contributed by atoms with Crippen molar-refractivity contribution in [1.29, 1.82) is 0 Å². The summed E-state index contributed by atoms with van der Waals surface area (Å²) in [7, 11) is 3.19. The lowest BCUT2D eigenvalue weighted by Gasteiger charge is -2.22. The van der Waals surface area contributed by atoms with Gasteiger partial charge in [0.2, 0.25) is 5.91 Å². The number of nitrogens with one attached hydrogen (secondary N) is 2. The van der Waals surface area contributed by atoms with Gasteiger partial charge in [0.25, 0.3) is 0 Å². The van der Waals surface area contributed by atoms with E-state index in [0.717, 1.165) is 31.4 Å². The number of nitrogens with zero attached hydrogens (tertiary/aromatic N) is 1. The van der Waals surface area contributed by atoms with E-state index in [0.29, 0.717) is 31.0 Å². The van der Waals surface area contributed by atoms with Crippen LogP contribution in [-0.2, 0) is 4.79 Å². The zero-order valence-corrected chi connectivity index (χ0v) is 15.8. The molecule has 1 aromatic rings. The maximum Gasteiger partial charge on any atom is 0.315 e. The summed E-state index contributed by atoms with van der Waals surface area (Å²) in [6, 6.07) is 4.95. The van der Waals surface area contributed by atoms with Crippen molar-refractivity contribution >= 4 is 11.9 Å². The predicted octanol–water partition coefficient (Wildman–Crippen LogP) is 2.47. The van der Waals surface area contributed by atoms with Gasteiger partial charge in [-0.15, -0.1) is 0 Å². The van der Waals surface area contributed by atoms with Gasteiger partial charge in [-0.3, -0.25) is 4.79 Å². The van der Waals surface area contributed by atoms with Gasteiger partial charge in [-0.1, -0.05) is 6.42 Å². The second-order valence-electron chi connectivity index (χ2n) is 6.42. The molecule has 1 aliphatic rings. The molecule has 7 nitrogen and oxygen atoms in total. The van der Waals surface area contributed by atoms with E-state index in [2.05, 4.69) is 10.6 Å². The summed E-state index contributed by atoms with van der Waals surface area (Å²) in [5.41, 5.74) is 0.838. The van der Waals surface area contributed by atoms with Crippen molar-refractivity contribution in [2.75, 3.05) is 33.9 Å². The minimum atomic E-state index is -0.273. The zero-order chi connectivity index (χ0) is 18.9. The molecule has 1 heterocycles. The first-order valence-electron chi connectivity index (χ1n) is 9.09. The third-order valence-electron chi connectivity index (χ3n) is 4.59. The molecule has 1 aliphatic heterocycles. The number of ether oxygens (including phenoxy) is 2. The number of amides is 3. The summed E-state index contributed by atoms with van der Waals surface area (Å²) < 4.78 is 10.6. The number of carbonyl (C=O) groups excluding carboxylic acids is 2. The van der Waals surface area contributed by atoms with E-state index in [9.17, 15) is 9.59 Å². The Kier molecular flexibility index (Phi) is 7.56. The molecule has 1 atom stereocenters. The van der Waals surface area contributed by atoms with E-state index >= 15 is 0 Å². The molecule has 26 heavy (non-hydrogen) atoms. The minimum Gasteiger partial charge on any atom is -0.497 e. The van der Waals surface area contributed by atoms with Gasteiger partial charge in [-0.25, -0.2) is 4.79 Å². The molecule has 3 amide bonds. The highest BCUT2D eigenvalue weighted by Crippen LogP contribution is 2.29. The van der Waals surface area contributed by atoms with Crippen LogP contribution in [0.1, 0.15) is 44.2 Å². The number of hydrogen-bond donors (Lipinski definition) is 2. The van der Waals surface area contributed by atoms with Crippen LogP contribution >= 0.6 is 0 Å². The molecule has 0 spiro atoms. The molecule has 2 rings (SSSR count). The van der Waals surface area contributed by atoms with E-state index in [4.69, 9.17) is 9.47 Å². The van der Waals surface area contributed by atoms with E-state index in [1.807, 2.05) is 30.0 Å². The molecule has 0 aromatic heterocycles. The number of methoxy groups -OCH3 is 2. The molecule has 1 aromatic carbocycles. The zero-order valence-electron chi connectivity index (χ0n) is 15.8. The Balaban J connectivity index is 1.84. The van der Waals surface area contributed by atoms with Crippen LogP contribution in [0.4, 0.5) is 4.79 Å². The predicted molar refractivity (Wildman–Crippen MR) is 99.5 cm³/mol. The summed E-state index contributed by atoms with van der Waals surface area (Å²) in [6.45, 7) is 3.64. The van der Waals surface area contributed by atoms with E-state index in [1.165, 1.54) is 0 Å². The summed E-state index contributed by atoms with van der Waals surface area (Å²) in [5.74, 6) is 1.57. The molecule has 144 valence electrons. The summed E-state index contributed by atoms with van der Waals surface area (Å²) >= 11 is 0. The number of rotatable bonds is 7. The van der Waals surface area contributed by atoms with Crippen molar-refractivity contribution in [3.8, 4) is 11.5 Å². The summed E-state index contributed by atoms with van der Waals surface area (Å²) in [6.07, 6.45) is 3.70. The molecule has 1 fully saturated rings. The number of urea groups is 1. The lowest BCUT2D eigenvalue weighted by Crippen LogP contribution is -2.42. The SMILES string of the molecule is COc1ccc(OC)c(C(C)NC(=O)NCCN2CCCCCC2=O)c1. The third kappa shape index (κ3) is 5.54. The van der Waals surface area contributed by atoms with Gasteiger partial charge in [0, 0.05) is 31.6 Å². The Morgan fingerprint density at radius 2 is 2.04 bits per heavy atom. The maximum absolute atomic E-state index is 12.2. The standard InChI is InChI=1S/C19H29N3O4/c1-14(16-13-15(25-2)8-9-17(16)26-3)21-19(24)20-10-12-22-11-6-4-5-7-18(22)23/h8-9,13-14H,4-7,10-12H2,1-3H3,(H2,20,21,24). The first kappa shape index (κ1) is 19.9. The Bertz CT molecular complexity index is 621. The van der Waals surface area contributed by atoms with Gasteiger partial charge in [0.1, 0.15) is 11.5 Å². The molecular formula is C19H29N3O4. The smallest absolute Gasteiger partial charge is 0.315 e. The van der Waals surface area contributed by atoms with E-state index < -0.39 is 0 Å². The Labute approximate surface area is 155 Å². The van der Waals surface area contributed by atoms with Crippen LogP contribution in [0.3, 0.4) is 0 Å². The number of likely N-dealkylation sites (tertiary alicyclic amines) is 1. The lowest BCUT2D eigenvalue weighted by molar-refractivity contribution is -0.130. The van der Waals surface area contributed by atoms with Crippen molar-refractivity contribution in [1.82, 2.24) is 15.5 Å². The Hall–Kier alpha value is -2.44. The highest BCUT2D eigenvalue weighted by molar-refractivity contribution is 5.77. The summed E-state index contributed by atoms with van der Waals surface area (Å²) in [5, 5.41) is 5.72. The normalized spacial score (nSPS) is 15.8. The van der Waals surface area contributed by atoms with Crippen molar-refractivity contribution in [2.24, 2.45) is 0 Å². The van der Waals surface area contributed by atoms with Gasteiger partial charge < -0.3 is 25.0 Å². The molecule has 7 heteroatoms. The van der Waals surface area contributed by atoms with Gasteiger partial charge in [0.15, 0.2) is 0 Å². The monoisotopic (exact) mass is 363 g/mol. The van der Waals surface area contributed by atoms with Crippen molar-refractivity contribution in [3.05, 3.63) is 23.8 Å². The minimum absolute atomic E-state index is 0.180. The number of benzene rings is 1. The van der Waals surface area contributed by atoms with Gasteiger partial charge in [0.05, 0.1) is 20.3 Å². The Morgan fingerprint density at radius 3 is 2.77 bits per heavy atom. The first-order valence-corrected chi connectivity index (χ1v) is 9.09.